The van der Waals surface area contributed by atoms with E-state index in [1.165, 1.54) is 24.2 Å². The summed E-state index contributed by atoms with van der Waals surface area (Å²) in [6.07, 6.45) is 3.14. The number of ether oxygens (including phenoxy) is 1. The zero-order valence-corrected chi connectivity index (χ0v) is 13.9. The van der Waals surface area contributed by atoms with E-state index in [1.807, 2.05) is 0 Å². The topological polar surface area (TPSA) is 88.6 Å². The van der Waals surface area contributed by atoms with E-state index >= 15 is 0 Å². The molecule has 2 amide bonds. The summed E-state index contributed by atoms with van der Waals surface area (Å²) in [6.45, 7) is -0.562. The molecule has 0 bridgehead atoms. The van der Waals surface area contributed by atoms with E-state index in [9.17, 15) is 14.4 Å². The minimum absolute atomic E-state index is 0.0701. The molecular weight excluding hydrogens is 345 g/mol. The average molecular weight is 360 g/mol. The van der Waals surface area contributed by atoms with Gasteiger partial charge in [-0.05, 0) is 18.9 Å². The van der Waals surface area contributed by atoms with Crippen LogP contribution in [0.5, 0.6) is 0 Å². The molecule has 124 valence electrons. The van der Waals surface area contributed by atoms with Gasteiger partial charge in [0, 0.05) is 19.3 Å². The van der Waals surface area contributed by atoms with Gasteiger partial charge < -0.3 is 15.0 Å². The first-order valence-electron chi connectivity index (χ1n) is 6.88. The highest BCUT2D eigenvalue weighted by Crippen LogP contribution is 2.20. The molecule has 0 unspecified atom stereocenters. The maximum absolute atomic E-state index is 11.8. The predicted molar refractivity (Wildman–Crippen MR) is 83.3 cm³/mol. The van der Waals surface area contributed by atoms with Gasteiger partial charge in [-0.3, -0.25) is 9.59 Å². The highest BCUT2D eigenvalue weighted by molar-refractivity contribution is 6.41. The number of hydrogen-bond acceptors (Lipinski definition) is 5. The molecule has 1 aromatic rings. The first kappa shape index (κ1) is 17.5. The van der Waals surface area contributed by atoms with Crippen LogP contribution >= 0.6 is 23.2 Å². The van der Waals surface area contributed by atoms with Gasteiger partial charge in [-0.25, -0.2) is 9.78 Å². The Bertz CT molecular complexity index is 634. The molecule has 1 aliphatic carbocycles. The third kappa shape index (κ3) is 5.37. The fourth-order valence-corrected chi connectivity index (χ4v) is 1.93. The van der Waals surface area contributed by atoms with Crippen molar-refractivity contribution >= 4 is 41.0 Å². The number of nitrogens with one attached hydrogen (secondary N) is 1. The molecule has 7 nitrogen and oxygen atoms in total. The second-order valence-corrected chi connectivity index (χ2v) is 5.93. The molecule has 0 radical (unpaired) electrons. The van der Waals surface area contributed by atoms with E-state index in [2.05, 4.69) is 10.3 Å². The van der Waals surface area contributed by atoms with E-state index in [1.54, 1.807) is 0 Å². The van der Waals surface area contributed by atoms with Crippen LogP contribution < -0.4 is 5.32 Å². The normalized spacial score (nSPS) is 13.3. The quantitative estimate of drug-likeness (QED) is 0.610. The molecule has 2 rings (SSSR count). The van der Waals surface area contributed by atoms with Crippen molar-refractivity contribution in [3.05, 3.63) is 28.0 Å². The largest absolute Gasteiger partial charge is 0.452 e. The van der Waals surface area contributed by atoms with Crippen molar-refractivity contribution < 1.29 is 19.1 Å². The van der Waals surface area contributed by atoms with E-state index in [0.29, 0.717) is 0 Å². The smallest absolute Gasteiger partial charge is 0.340 e. The van der Waals surface area contributed by atoms with Crippen molar-refractivity contribution in [2.24, 2.45) is 0 Å². The Kier molecular flexibility index (Phi) is 5.79. The lowest BCUT2D eigenvalue weighted by atomic mass is 10.3. The summed E-state index contributed by atoms with van der Waals surface area (Å²) in [5.74, 6) is -1.47. The van der Waals surface area contributed by atoms with Gasteiger partial charge in [0.25, 0.3) is 5.91 Å². The van der Waals surface area contributed by atoms with E-state index in [0.717, 1.165) is 12.8 Å². The monoisotopic (exact) mass is 359 g/mol. The van der Waals surface area contributed by atoms with Crippen molar-refractivity contribution in [1.29, 1.82) is 0 Å². The summed E-state index contributed by atoms with van der Waals surface area (Å²) in [5.41, 5.74) is 0.0846. The average Bonchev–Trinajstić information content (AvgIpc) is 3.30. The third-order valence-corrected chi connectivity index (χ3v) is 3.79. The summed E-state index contributed by atoms with van der Waals surface area (Å²) in [6, 6.07) is 1.53. The summed E-state index contributed by atoms with van der Waals surface area (Å²) >= 11 is 11.4. The molecule has 0 aliphatic heterocycles. The first-order chi connectivity index (χ1) is 10.9. The minimum atomic E-state index is -0.750. The Hall–Kier alpha value is -1.86. The molecule has 0 saturated heterocycles. The van der Waals surface area contributed by atoms with Gasteiger partial charge >= 0.3 is 5.97 Å². The number of likely N-dealkylation sites (N-methyl/N-ethyl adjacent to an activating group) is 1. The summed E-state index contributed by atoms with van der Waals surface area (Å²) in [4.78, 5) is 40.1. The van der Waals surface area contributed by atoms with Crippen LogP contribution in [0.15, 0.2) is 12.3 Å². The fraction of sp³-hybridized carbons (Fsp3) is 0.429. The predicted octanol–water partition coefficient (Wildman–Crippen LogP) is 1.28. The van der Waals surface area contributed by atoms with E-state index in [-0.39, 0.29) is 34.2 Å². The molecule has 23 heavy (non-hydrogen) atoms. The standard InChI is InChI=1S/C14H15Cl2N3O4/c1-19(6-11(20)18-9-2-3-9)12(21)7-23-14(22)8-4-10(15)13(16)17-5-8/h4-5,9H,2-3,6-7H2,1H3,(H,18,20). The highest BCUT2D eigenvalue weighted by Gasteiger charge is 2.24. The van der Waals surface area contributed by atoms with Crippen molar-refractivity contribution in [1.82, 2.24) is 15.2 Å². The lowest BCUT2D eigenvalue weighted by molar-refractivity contribution is -0.137. The molecular formula is C14H15Cl2N3O4. The van der Waals surface area contributed by atoms with Crippen LogP contribution in [-0.2, 0) is 14.3 Å². The molecule has 1 N–H and O–H groups in total. The van der Waals surface area contributed by atoms with Crippen LogP contribution in [0.25, 0.3) is 0 Å². The van der Waals surface area contributed by atoms with Gasteiger partial charge in [0.05, 0.1) is 17.1 Å². The highest BCUT2D eigenvalue weighted by atomic mass is 35.5. The van der Waals surface area contributed by atoms with Gasteiger partial charge in [-0.1, -0.05) is 23.2 Å². The van der Waals surface area contributed by atoms with E-state index in [4.69, 9.17) is 27.9 Å². The molecule has 9 heteroatoms. The summed E-state index contributed by atoms with van der Waals surface area (Å²) in [5, 5.41) is 2.95. The third-order valence-electron chi connectivity index (χ3n) is 3.11. The van der Waals surface area contributed by atoms with Crippen molar-refractivity contribution in [3.8, 4) is 0 Å². The molecule has 0 aromatic carbocycles. The zero-order valence-electron chi connectivity index (χ0n) is 12.3. The maximum atomic E-state index is 11.8. The number of amides is 2. The Morgan fingerprint density at radius 1 is 1.39 bits per heavy atom. The maximum Gasteiger partial charge on any atom is 0.340 e. The second kappa shape index (κ2) is 7.61. The van der Waals surface area contributed by atoms with Crippen LogP contribution in [0.1, 0.15) is 23.2 Å². The lowest BCUT2D eigenvalue weighted by Crippen LogP contribution is -2.40. The molecule has 1 aromatic heterocycles. The number of halogens is 2. The Morgan fingerprint density at radius 3 is 2.70 bits per heavy atom. The number of pyridine rings is 1. The number of rotatable bonds is 6. The SMILES string of the molecule is CN(CC(=O)NC1CC1)C(=O)COC(=O)c1cnc(Cl)c(Cl)c1. The van der Waals surface area contributed by atoms with Crippen molar-refractivity contribution in [2.45, 2.75) is 18.9 Å². The van der Waals surface area contributed by atoms with Crippen molar-refractivity contribution in [2.75, 3.05) is 20.2 Å². The number of carbonyl (C=O) groups is 3. The minimum Gasteiger partial charge on any atom is -0.452 e. The number of nitrogens with zero attached hydrogens (tertiary/aromatic N) is 2. The zero-order chi connectivity index (χ0) is 17.0. The van der Waals surface area contributed by atoms with Crippen LogP contribution in [-0.4, -0.2) is 53.9 Å². The van der Waals surface area contributed by atoms with Crippen molar-refractivity contribution in [3.63, 3.8) is 0 Å². The van der Waals surface area contributed by atoms with Crippen LogP contribution in [0.3, 0.4) is 0 Å². The number of aromatic nitrogens is 1. The fourth-order valence-electron chi connectivity index (χ4n) is 1.66. The van der Waals surface area contributed by atoms with Crippen LogP contribution in [0, 0.1) is 0 Å². The lowest BCUT2D eigenvalue weighted by Gasteiger charge is -2.16. The van der Waals surface area contributed by atoms with Gasteiger partial charge in [0.15, 0.2) is 6.61 Å². The molecule has 1 aliphatic rings. The Morgan fingerprint density at radius 2 is 2.09 bits per heavy atom. The van der Waals surface area contributed by atoms with Gasteiger partial charge in [-0.2, -0.15) is 0 Å². The Balaban J connectivity index is 1.79. The number of carbonyl (C=O) groups excluding carboxylic acids is 3. The van der Waals surface area contributed by atoms with Gasteiger partial charge in [-0.15, -0.1) is 0 Å². The summed E-state index contributed by atoms with van der Waals surface area (Å²) in [7, 11) is 1.46. The summed E-state index contributed by atoms with van der Waals surface area (Å²) < 4.78 is 4.88. The first-order valence-corrected chi connectivity index (χ1v) is 7.64. The molecule has 1 fully saturated rings. The van der Waals surface area contributed by atoms with Crippen LogP contribution in [0.2, 0.25) is 10.2 Å². The van der Waals surface area contributed by atoms with Gasteiger partial charge in [0.1, 0.15) is 5.15 Å². The van der Waals surface area contributed by atoms with Crippen LogP contribution in [0.4, 0.5) is 0 Å². The second-order valence-electron chi connectivity index (χ2n) is 5.16. The molecule has 1 saturated carbocycles. The van der Waals surface area contributed by atoms with E-state index < -0.39 is 18.5 Å². The molecule has 0 atom stereocenters. The number of hydrogen-bond donors (Lipinski definition) is 1. The number of esters is 1. The molecule has 1 heterocycles. The molecule has 0 spiro atoms. The van der Waals surface area contributed by atoms with Gasteiger partial charge in [0.2, 0.25) is 5.91 Å². The Labute approximate surface area is 142 Å².